The molecule has 0 N–H and O–H groups in total. The van der Waals surface area contributed by atoms with Gasteiger partial charge in [-0.05, 0) is 61.7 Å². The molecule has 4 aromatic rings. The molecule has 0 bridgehead atoms. The van der Waals surface area contributed by atoms with Gasteiger partial charge in [0.15, 0.2) is 0 Å². The number of benzene rings is 2. The monoisotopic (exact) mass is 380 g/mol. The first-order chi connectivity index (χ1) is 12.9. The van der Waals surface area contributed by atoms with E-state index in [1.807, 2.05) is 54.9 Å². The Morgan fingerprint density at radius 1 is 0.889 bits per heavy atom. The Labute approximate surface area is 158 Å². The summed E-state index contributed by atoms with van der Waals surface area (Å²) in [7, 11) is -3.66. The molecule has 6 heteroatoms. The minimum Gasteiger partial charge on any atom is -0.491 e. The Morgan fingerprint density at radius 2 is 1.63 bits per heavy atom. The summed E-state index contributed by atoms with van der Waals surface area (Å²) >= 11 is 0. The van der Waals surface area contributed by atoms with Crippen molar-refractivity contribution in [3.8, 4) is 11.4 Å². The van der Waals surface area contributed by atoms with Gasteiger partial charge in [0.25, 0.3) is 10.0 Å². The summed E-state index contributed by atoms with van der Waals surface area (Å²) in [5, 5.41) is 1.11. The van der Waals surface area contributed by atoms with E-state index in [2.05, 4.69) is 0 Å². The summed E-state index contributed by atoms with van der Waals surface area (Å²) in [6.45, 7) is 3.86. The first kappa shape index (κ1) is 17.4. The van der Waals surface area contributed by atoms with E-state index in [1.165, 1.54) is 3.97 Å². The molecule has 0 unspecified atom stereocenters. The summed E-state index contributed by atoms with van der Waals surface area (Å²) in [6.07, 6.45) is 5.17. The van der Waals surface area contributed by atoms with Crippen molar-refractivity contribution in [3.63, 3.8) is 0 Å². The van der Waals surface area contributed by atoms with Gasteiger partial charge in [-0.15, -0.1) is 0 Å². The number of hydrogen-bond donors (Lipinski definition) is 0. The van der Waals surface area contributed by atoms with Crippen LogP contribution in [-0.2, 0) is 10.0 Å². The van der Waals surface area contributed by atoms with Gasteiger partial charge < -0.3 is 9.30 Å². The maximum atomic E-state index is 12.9. The Hall–Kier alpha value is -2.99. The number of aromatic nitrogens is 2. The lowest BCUT2D eigenvalue weighted by Crippen LogP contribution is -2.11. The van der Waals surface area contributed by atoms with Crippen LogP contribution < -0.4 is 4.74 Å². The Balaban J connectivity index is 1.67. The molecule has 0 aliphatic carbocycles. The van der Waals surface area contributed by atoms with Crippen molar-refractivity contribution in [3.05, 3.63) is 79.3 Å². The number of nitrogens with zero attached hydrogens (tertiary/aromatic N) is 2. The third kappa shape index (κ3) is 3.24. The second-order valence-corrected chi connectivity index (χ2v) is 8.43. The van der Waals surface area contributed by atoms with Gasteiger partial charge in [-0.1, -0.05) is 18.2 Å². The Morgan fingerprint density at radius 3 is 2.37 bits per heavy atom. The first-order valence-electron chi connectivity index (χ1n) is 8.72. The van der Waals surface area contributed by atoms with Crippen molar-refractivity contribution in [2.75, 3.05) is 0 Å². The lowest BCUT2D eigenvalue weighted by Gasteiger charge is -2.10. The molecular weight excluding hydrogens is 360 g/mol. The fourth-order valence-corrected chi connectivity index (χ4v) is 4.24. The molecule has 0 spiro atoms. The maximum Gasteiger partial charge on any atom is 0.267 e. The Kier molecular flexibility index (Phi) is 4.28. The molecule has 2 aromatic heterocycles. The third-order valence-electron chi connectivity index (χ3n) is 4.30. The smallest absolute Gasteiger partial charge is 0.267 e. The molecule has 0 fully saturated rings. The largest absolute Gasteiger partial charge is 0.491 e. The quantitative estimate of drug-likeness (QED) is 0.514. The van der Waals surface area contributed by atoms with E-state index in [0.717, 1.165) is 16.6 Å². The van der Waals surface area contributed by atoms with Crippen LogP contribution >= 0.6 is 0 Å². The van der Waals surface area contributed by atoms with Crippen LogP contribution in [0.3, 0.4) is 0 Å². The molecule has 0 radical (unpaired) electrons. The van der Waals surface area contributed by atoms with E-state index in [9.17, 15) is 8.42 Å². The van der Waals surface area contributed by atoms with Crippen LogP contribution in [-0.4, -0.2) is 23.1 Å². The van der Waals surface area contributed by atoms with Gasteiger partial charge >= 0.3 is 0 Å². The number of ether oxygens (including phenoxy) is 1. The average molecular weight is 380 g/mol. The summed E-state index contributed by atoms with van der Waals surface area (Å²) < 4.78 is 34.6. The van der Waals surface area contributed by atoms with E-state index >= 15 is 0 Å². The maximum absolute atomic E-state index is 12.9. The van der Waals surface area contributed by atoms with E-state index in [1.54, 1.807) is 42.7 Å². The fourth-order valence-electron chi connectivity index (χ4n) is 3.05. The highest BCUT2D eigenvalue weighted by Gasteiger charge is 2.17. The predicted molar refractivity (Wildman–Crippen MR) is 106 cm³/mol. The second kappa shape index (κ2) is 6.63. The van der Waals surface area contributed by atoms with Crippen LogP contribution in [0.2, 0.25) is 0 Å². The normalized spacial score (nSPS) is 12.0. The van der Waals surface area contributed by atoms with Gasteiger partial charge in [0.2, 0.25) is 0 Å². The number of rotatable bonds is 5. The van der Waals surface area contributed by atoms with E-state index in [4.69, 9.17) is 4.74 Å². The first-order valence-corrected chi connectivity index (χ1v) is 10.2. The molecule has 4 rings (SSSR count). The predicted octanol–water partition coefficient (Wildman–Crippen LogP) is 4.46. The second-order valence-electron chi connectivity index (χ2n) is 6.59. The topological polar surface area (TPSA) is 53.2 Å². The SMILES string of the molecule is CC(C)Oc1ccc(S(=O)(=O)n2ccc(-n3ccc4ccccc43)c2)cc1. The van der Waals surface area contributed by atoms with Crippen LogP contribution in [0.1, 0.15) is 13.8 Å². The van der Waals surface area contributed by atoms with Gasteiger partial charge in [-0.3, -0.25) is 0 Å². The highest BCUT2D eigenvalue weighted by atomic mass is 32.2. The molecule has 0 saturated carbocycles. The molecule has 5 nitrogen and oxygen atoms in total. The molecule has 0 aliphatic rings. The number of hydrogen-bond acceptors (Lipinski definition) is 3. The van der Waals surface area contributed by atoms with Crippen LogP contribution in [0.15, 0.2) is 84.1 Å². The lowest BCUT2D eigenvalue weighted by molar-refractivity contribution is 0.242. The molecule has 0 saturated heterocycles. The lowest BCUT2D eigenvalue weighted by atomic mass is 10.2. The van der Waals surface area contributed by atoms with Crippen molar-refractivity contribution < 1.29 is 13.2 Å². The van der Waals surface area contributed by atoms with Crippen LogP contribution in [0.4, 0.5) is 0 Å². The van der Waals surface area contributed by atoms with Gasteiger partial charge in [0.1, 0.15) is 5.75 Å². The van der Waals surface area contributed by atoms with Crippen LogP contribution in [0.25, 0.3) is 16.6 Å². The zero-order valence-electron chi connectivity index (χ0n) is 15.1. The molecular formula is C21H20N2O3S. The average Bonchev–Trinajstić information content (AvgIpc) is 3.29. The van der Waals surface area contributed by atoms with E-state index in [0.29, 0.717) is 5.75 Å². The summed E-state index contributed by atoms with van der Waals surface area (Å²) in [4.78, 5) is 0.220. The summed E-state index contributed by atoms with van der Waals surface area (Å²) in [5.74, 6) is 0.649. The van der Waals surface area contributed by atoms with E-state index < -0.39 is 10.0 Å². The standard InChI is InChI=1S/C21H20N2O3S/c1-16(2)26-19-7-9-20(10-8-19)27(24,25)22-13-12-18(15-22)23-14-11-17-5-3-4-6-21(17)23/h3-16H,1-2H3. The molecule has 0 amide bonds. The highest BCUT2D eigenvalue weighted by molar-refractivity contribution is 7.90. The minimum atomic E-state index is -3.66. The van der Waals surface area contributed by atoms with E-state index in [-0.39, 0.29) is 11.0 Å². The van der Waals surface area contributed by atoms with Crippen molar-refractivity contribution in [2.45, 2.75) is 24.8 Å². The van der Waals surface area contributed by atoms with Crippen molar-refractivity contribution in [1.82, 2.24) is 8.54 Å². The molecule has 2 aromatic carbocycles. The minimum absolute atomic E-state index is 0.0378. The zero-order chi connectivity index (χ0) is 19.0. The van der Waals surface area contributed by atoms with Gasteiger partial charge in [-0.25, -0.2) is 12.4 Å². The van der Waals surface area contributed by atoms with Crippen LogP contribution in [0.5, 0.6) is 5.75 Å². The molecule has 138 valence electrons. The third-order valence-corrected chi connectivity index (χ3v) is 5.95. The molecule has 27 heavy (non-hydrogen) atoms. The van der Waals surface area contributed by atoms with Gasteiger partial charge in [-0.2, -0.15) is 0 Å². The zero-order valence-corrected chi connectivity index (χ0v) is 15.9. The Bertz CT molecular complexity index is 1190. The number of fused-ring (bicyclic) bond motifs is 1. The highest BCUT2D eigenvalue weighted by Crippen LogP contribution is 2.23. The summed E-state index contributed by atoms with van der Waals surface area (Å²) in [5.41, 5.74) is 1.82. The fraction of sp³-hybridized carbons (Fsp3) is 0.143. The molecule has 2 heterocycles. The van der Waals surface area contributed by atoms with Crippen LogP contribution in [0, 0.1) is 0 Å². The van der Waals surface area contributed by atoms with Gasteiger partial charge in [0, 0.05) is 18.6 Å². The van der Waals surface area contributed by atoms with Crippen molar-refractivity contribution >= 4 is 20.9 Å². The summed E-state index contributed by atoms with van der Waals surface area (Å²) in [6, 6.07) is 18.3. The van der Waals surface area contributed by atoms with Crippen molar-refractivity contribution in [2.24, 2.45) is 0 Å². The van der Waals surface area contributed by atoms with Gasteiger partial charge in [0.05, 0.1) is 22.2 Å². The molecule has 0 atom stereocenters. The number of para-hydroxylation sites is 1. The van der Waals surface area contributed by atoms with Crippen molar-refractivity contribution in [1.29, 1.82) is 0 Å². The molecule has 0 aliphatic heterocycles.